The minimum atomic E-state index is 0.503. The third-order valence-electron chi connectivity index (χ3n) is 12.3. The molecule has 0 N–H and O–H groups in total. The molecule has 13 rings (SSSR count). The van der Waals surface area contributed by atoms with Crippen molar-refractivity contribution in [2.45, 2.75) is 0 Å². The molecule has 0 saturated heterocycles. The van der Waals surface area contributed by atoms with Crippen molar-refractivity contribution in [1.29, 1.82) is 0 Å². The van der Waals surface area contributed by atoms with Gasteiger partial charge in [0.2, 0.25) is 5.95 Å². The molecule has 13 aromatic rings. The molecule has 0 atom stereocenters. The van der Waals surface area contributed by atoms with Gasteiger partial charge in [-0.2, -0.15) is 9.97 Å². The molecule has 0 fully saturated rings. The van der Waals surface area contributed by atoms with E-state index in [2.05, 4.69) is 106 Å². The van der Waals surface area contributed by atoms with Gasteiger partial charge in [-0.3, -0.25) is 9.55 Å². The maximum atomic E-state index is 5.37. The average molecular weight is 846 g/mol. The smallest absolute Gasteiger partial charge is 0.238 e. The summed E-state index contributed by atoms with van der Waals surface area (Å²) < 4.78 is 4.57. The van der Waals surface area contributed by atoms with Crippen LogP contribution in [0.5, 0.6) is 0 Å². The second-order valence-corrected chi connectivity index (χ2v) is 16.2. The lowest BCUT2D eigenvalue weighted by molar-refractivity contribution is 0.954. The summed E-state index contributed by atoms with van der Waals surface area (Å²) in [5.74, 6) is 3.41. The molecule has 0 spiro atoms. The fraction of sp³-hybridized carbons (Fsp3) is 0. The van der Waals surface area contributed by atoms with Crippen LogP contribution in [0, 0.1) is 0 Å². The van der Waals surface area contributed by atoms with Crippen molar-refractivity contribution in [2.75, 3.05) is 0 Å². The first-order chi connectivity index (χ1) is 32.7. The first-order valence-electron chi connectivity index (χ1n) is 21.8. The van der Waals surface area contributed by atoms with Gasteiger partial charge in [-0.25, -0.2) is 19.9 Å². The largest absolute Gasteiger partial charge is 0.307 e. The Hall–Kier alpha value is -9.21. The Bertz CT molecular complexity index is 3930. The van der Waals surface area contributed by atoms with Crippen LogP contribution in [0.25, 0.3) is 123 Å². The molecule has 9 heteroatoms. The van der Waals surface area contributed by atoms with Gasteiger partial charge in [0.25, 0.3) is 0 Å². The van der Waals surface area contributed by atoms with Gasteiger partial charge in [0, 0.05) is 66.6 Å². The van der Waals surface area contributed by atoms with E-state index in [9.17, 15) is 0 Å². The molecule has 0 bridgehead atoms. The highest BCUT2D eigenvalue weighted by Gasteiger charge is 2.24. The lowest BCUT2D eigenvalue weighted by Crippen LogP contribution is -2.07. The normalized spacial score (nSPS) is 11.6. The van der Waals surface area contributed by atoms with Gasteiger partial charge in [0.05, 0.1) is 27.6 Å². The molecule has 66 heavy (non-hydrogen) atoms. The molecule has 0 saturated carbocycles. The first kappa shape index (κ1) is 37.4. The van der Waals surface area contributed by atoms with Gasteiger partial charge in [0.1, 0.15) is 0 Å². The van der Waals surface area contributed by atoms with E-state index in [1.807, 2.05) is 115 Å². The molecule has 0 aliphatic heterocycles. The summed E-state index contributed by atoms with van der Waals surface area (Å²) in [6.07, 6.45) is 1.81. The Morgan fingerprint density at radius 3 is 1.42 bits per heavy atom. The zero-order chi connectivity index (χ0) is 43.6. The van der Waals surface area contributed by atoms with E-state index in [4.69, 9.17) is 34.9 Å². The Balaban J connectivity index is 1.10. The predicted octanol–water partition coefficient (Wildman–Crippen LogP) is 13.1. The van der Waals surface area contributed by atoms with Crippen LogP contribution >= 0.6 is 0 Å². The van der Waals surface area contributed by atoms with Crippen LogP contribution in [-0.2, 0) is 0 Å². The van der Waals surface area contributed by atoms with Gasteiger partial charge >= 0.3 is 0 Å². The molecule has 0 radical (unpaired) electrons. The zero-order valence-electron chi connectivity index (χ0n) is 35.2. The number of benzene rings is 8. The summed E-state index contributed by atoms with van der Waals surface area (Å²) in [6.45, 7) is 0. The average Bonchev–Trinajstić information content (AvgIpc) is 3.92. The van der Waals surface area contributed by atoms with Crippen LogP contribution in [0.4, 0.5) is 0 Å². The minimum Gasteiger partial charge on any atom is -0.307 e. The number of hydrogen-bond acceptors (Lipinski definition) is 7. The number of para-hydroxylation sites is 3. The maximum Gasteiger partial charge on any atom is 0.238 e. The molecule has 5 aromatic heterocycles. The van der Waals surface area contributed by atoms with Crippen LogP contribution in [0.15, 0.2) is 212 Å². The monoisotopic (exact) mass is 845 g/mol. The van der Waals surface area contributed by atoms with Crippen LogP contribution in [0.1, 0.15) is 0 Å². The number of hydrogen-bond donors (Lipinski definition) is 0. The number of rotatable bonds is 7. The van der Waals surface area contributed by atoms with Crippen molar-refractivity contribution in [2.24, 2.45) is 0 Å². The third-order valence-corrected chi connectivity index (χ3v) is 12.3. The first-order valence-corrected chi connectivity index (χ1v) is 21.8. The lowest BCUT2D eigenvalue weighted by Gasteiger charge is -2.14. The molecule has 0 aliphatic carbocycles. The van der Waals surface area contributed by atoms with Crippen LogP contribution < -0.4 is 0 Å². The van der Waals surface area contributed by atoms with E-state index < -0.39 is 0 Å². The fourth-order valence-corrected chi connectivity index (χ4v) is 9.28. The van der Waals surface area contributed by atoms with Crippen molar-refractivity contribution in [3.63, 3.8) is 0 Å². The molecular formula is C57H35N9. The van der Waals surface area contributed by atoms with E-state index in [0.717, 1.165) is 88.0 Å². The molecule has 0 unspecified atom stereocenters. The topological polar surface area (TPSA) is 100 Å². The lowest BCUT2D eigenvalue weighted by atomic mass is 10.1. The highest BCUT2D eigenvalue weighted by atomic mass is 15.2. The number of nitrogens with zero attached hydrogens (tertiary/aromatic N) is 9. The van der Waals surface area contributed by atoms with E-state index >= 15 is 0 Å². The van der Waals surface area contributed by atoms with Gasteiger partial charge in [0.15, 0.2) is 29.1 Å². The van der Waals surface area contributed by atoms with Crippen LogP contribution in [0.2, 0.25) is 0 Å². The summed E-state index contributed by atoms with van der Waals surface area (Å²) in [5.41, 5.74) is 10.2. The van der Waals surface area contributed by atoms with Crippen LogP contribution in [-0.4, -0.2) is 44.0 Å². The van der Waals surface area contributed by atoms with Crippen molar-refractivity contribution >= 4 is 54.5 Å². The summed E-state index contributed by atoms with van der Waals surface area (Å²) in [5, 5.41) is 5.39. The summed E-state index contributed by atoms with van der Waals surface area (Å²) in [4.78, 5) is 35.8. The Morgan fingerprint density at radius 2 is 0.788 bits per heavy atom. The van der Waals surface area contributed by atoms with Gasteiger partial charge in [-0.05, 0) is 36.4 Å². The zero-order valence-corrected chi connectivity index (χ0v) is 35.2. The standard InChI is InChI=1S/C57H35N9/c1-4-17-37(18-5-1)52-59-53(38-19-6-2-7-20-38)61-55(60-52)40-24-14-26-41(35-40)65-47-30-12-10-27-42(47)44-32-33-45-43-28-11-13-31-48(43)66(51(45)50(44)65)57-63-54(39-21-8-3-9-22-39)62-56(64-57)46-29-15-23-36-25-16-34-58-49(36)46/h1-35H. The molecule has 8 aromatic carbocycles. The van der Waals surface area contributed by atoms with Crippen molar-refractivity contribution in [3.05, 3.63) is 212 Å². The van der Waals surface area contributed by atoms with E-state index in [0.29, 0.717) is 35.1 Å². The van der Waals surface area contributed by atoms with Gasteiger partial charge in [-0.15, -0.1) is 0 Å². The number of aromatic nitrogens is 9. The number of fused-ring (bicyclic) bond motifs is 8. The van der Waals surface area contributed by atoms with Crippen molar-refractivity contribution in [1.82, 2.24) is 44.0 Å². The number of pyridine rings is 1. The quantitative estimate of drug-likeness (QED) is 0.157. The van der Waals surface area contributed by atoms with E-state index in [-0.39, 0.29) is 0 Å². The Morgan fingerprint density at radius 1 is 0.318 bits per heavy atom. The van der Waals surface area contributed by atoms with Crippen molar-refractivity contribution < 1.29 is 0 Å². The summed E-state index contributed by atoms with van der Waals surface area (Å²) >= 11 is 0. The van der Waals surface area contributed by atoms with Gasteiger partial charge in [-0.1, -0.05) is 170 Å². The molecule has 5 heterocycles. The minimum absolute atomic E-state index is 0.503. The predicted molar refractivity (Wildman–Crippen MR) is 264 cm³/mol. The van der Waals surface area contributed by atoms with Crippen LogP contribution in [0.3, 0.4) is 0 Å². The van der Waals surface area contributed by atoms with Gasteiger partial charge < -0.3 is 4.57 Å². The fourth-order valence-electron chi connectivity index (χ4n) is 9.28. The SMILES string of the molecule is c1ccc(-c2nc(-c3ccccc3)nc(-c3cccc(-n4c5ccccc5c5ccc6c7ccccc7n(-c7nc(-c8ccccc8)nc(-c8cccc9cccnc89)n7)c6c54)c3)n2)cc1. The maximum absolute atomic E-state index is 5.37. The summed E-state index contributed by atoms with van der Waals surface area (Å²) in [7, 11) is 0. The van der Waals surface area contributed by atoms with E-state index in [1.165, 1.54) is 0 Å². The summed E-state index contributed by atoms with van der Waals surface area (Å²) in [6, 6.07) is 70.4. The second kappa shape index (κ2) is 15.3. The second-order valence-electron chi connectivity index (χ2n) is 16.2. The van der Waals surface area contributed by atoms with E-state index in [1.54, 1.807) is 0 Å². The molecular weight excluding hydrogens is 811 g/mol. The Labute approximate surface area is 378 Å². The Kier molecular flexibility index (Phi) is 8.63. The van der Waals surface area contributed by atoms with Crippen molar-refractivity contribution in [3.8, 4) is 68.6 Å². The highest BCUT2D eigenvalue weighted by Crippen LogP contribution is 2.42. The third kappa shape index (κ3) is 6.13. The molecule has 308 valence electrons. The molecule has 0 amide bonds. The molecule has 0 aliphatic rings. The molecule has 9 nitrogen and oxygen atoms in total. The highest BCUT2D eigenvalue weighted by molar-refractivity contribution is 6.23.